The van der Waals surface area contributed by atoms with Crippen molar-refractivity contribution in [1.29, 1.82) is 0 Å². The Morgan fingerprint density at radius 1 is 1.38 bits per heavy atom. The van der Waals surface area contributed by atoms with Crippen LogP contribution in [0.5, 0.6) is 5.75 Å². The Labute approximate surface area is 156 Å². The number of likely N-dealkylation sites (tertiary alicyclic amines) is 1. The van der Waals surface area contributed by atoms with Crippen LogP contribution in [0.25, 0.3) is 0 Å². The van der Waals surface area contributed by atoms with Crippen LogP contribution in [0.2, 0.25) is 0 Å². The number of carbonyl (C=O) groups is 2. The first-order chi connectivity index (χ1) is 12.4. The lowest BCUT2D eigenvalue weighted by atomic mass is 9.93. The summed E-state index contributed by atoms with van der Waals surface area (Å²) >= 11 is 1.57. The fourth-order valence-corrected chi connectivity index (χ4v) is 3.71. The molecule has 0 saturated carbocycles. The van der Waals surface area contributed by atoms with E-state index in [1.165, 1.54) is 0 Å². The second kappa shape index (κ2) is 7.86. The van der Waals surface area contributed by atoms with E-state index in [-0.39, 0.29) is 18.5 Å². The first-order valence-corrected chi connectivity index (χ1v) is 9.49. The number of amides is 1. The summed E-state index contributed by atoms with van der Waals surface area (Å²) in [4.78, 5) is 30.2. The zero-order valence-electron chi connectivity index (χ0n) is 14.8. The van der Waals surface area contributed by atoms with Crippen LogP contribution in [0, 0.1) is 12.8 Å². The number of carboxylic acids is 1. The van der Waals surface area contributed by atoms with Gasteiger partial charge in [0.25, 0.3) is 5.91 Å². The quantitative estimate of drug-likeness (QED) is 0.868. The number of piperidine rings is 1. The van der Waals surface area contributed by atoms with Crippen LogP contribution >= 0.6 is 11.3 Å². The van der Waals surface area contributed by atoms with Gasteiger partial charge in [0.1, 0.15) is 12.4 Å². The predicted molar refractivity (Wildman–Crippen MR) is 98.5 cm³/mol. The lowest BCUT2D eigenvalue weighted by Crippen LogP contribution is -2.47. The van der Waals surface area contributed by atoms with Crippen LogP contribution in [0.4, 0.5) is 0 Å². The summed E-state index contributed by atoms with van der Waals surface area (Å²) in [5.41, 5.74) is 1.37. The zero-order chi connectivity index (χ0) is 18.7. The number of thiazole rings is 1. The van der Waals surface area contributed by atoms with Crippen molar-refractivity contribution < 1.29 is 19.4 Å². The molecule has 2 aromatic rings. The molecule has 1 amide bonds. The molecular formula is C19H22N2O4S. The van der Waals surface area contributed by atoms with E-state index in [4.69, 9.17) is 4.74 Å². The molecule has 7 heteroatoms. The van der Waals surface area contributed by atoms with E-state index >= 15 is 0 Å². The van der Waals surface area contributed by atoms with Crippen LogP contribution in [0.15, 0.2) is 29.6 Å². The second-order valence-corrected chi connectivity index (χ2v) is 7.66. The molecule has 6 nitrogen and oxygen atoms in total. The number of hydrogen-bond donors (Lipinski definition) is 1. The van der Waals surface area contributed by atoms with Crippen molar-refractivity contribution in [2.24, 2.45) is 5.92 Å². The number of benzene rings is 1. The molecule has 1 aliphatic heterocycles. The topological polar surface area (TPSA) is 79.7 Å². The molecular weight excluding hydrogens is 352 g/mol. The Balaban J connectivity index is 1.70. The average molecular weight is 374 g/mol. The van der Waals surface area contributed by atoms with Crippen LogP contribution in [-0.4, -0.2) is 39.5 Å². The van der Waals surface area contributed by atoms with Gasteiger partial charge in [-0.1, -0.05) is 6.07 Å². The highest BCUT2D eigenvalue weighted by molar-refractivity contribution is 7.09. The lowest BCUT2D eigenvalue weighted by Gasteiger charge is -2.36. The number of carbonyl (C=O) groups excluding carboxylic acids is 1. The normalized spacial score (nSPS) is 20.0. The third-order valence-electron chi connectivity index (χ3n) is 4.63. The van der Waals surface area contributed by atoms with Gasteiger partial charge in [-0.15, -0.1) is 11.3 Å². The minimum atomic E-state index is -0.842. The lowest BCUT2D eigenvalue weighted by molar-refractivity contribution is -0.143. The number of aryl methyl sites for hydroxylation is 1. The van der Waals surface area contributed by atoms with Crippen LogP contribution < -0.4 is 4.74 Å². The molecule has 2 heterocycles. The van der Waals surface area contributed by atoms with E-state index in [1.54, 1.807) is 40.5 Å². The van der Waals surface area contributed by atoms with Crippen molar-refractivity contribution in [2.45, 2.75) is 39.3 Å². The number of aliphatic carboxylic acids is 1. The van der Waals surface area contributed by atoms with Crippen molar-refractivity contribution >= 4 is 23.2 Å². The third-order valence-corrected chi connectivity index (χ3v) is 5.45. The van der Waals surface area contributed by atoms with Gasteiger partial charge < -0.3 is 14.7 Å². The molecule has 26 heavy (non-hydrogen) atoms. The third kappa shape index (κ3) is 4.22. The molecule has 138 valence electrons. The summed E-state index contributed by atoms with van der Waals surface area (Å²) in [6.45, 7) is 4.50. The van der Waals surface area contributed by atoms with E-state index in [1.807, 2.05) is 19.2 Å². The Morgan fingerprint density at radius 3 is 2.88 bits per heavy atom. The summed E-state index contributed by atoms with van der Waals surface area (Å²) in [6.07, 6.45) is 1.30. The van der Waals surface area contributed by atoms with Gasteiger partial charge in [-0.25, -0.2) is 4.98 Å². The molecule has 0 radical (unpaired) electrons. The maximum Gasteiger partial charge on any atom is 0.308 e. The van der Waals surface area contributed by atoms with Crippen molar-refractivity contribution in [3.8, 4) is 5.75 Å². The number of rotatable bonds is 5. The first kappa shape index (κ1) is 18.4. The van der Waals surface area contributed by atoms with Crippen LogP contribution in [-0.2, 0) is 11.4 Å². The van der Waals surface area contributed by atoms with Gasteiger partial charge in [-0.2, -0.15) is 0 Å². The zero-order valence-corrected chi connectivity index (χ0v) is 15.7. The fraction of sp³-hybridized carbons (Fsp3) is 0.421. The monoisotopic (exact) mass is 374 g/mol. The van der Waals surface area contributed by atoms with Crippen molar-refractivity contribution in [3.05, 3.63) is 45.9 Å². The Morgan fingerprint density at radius 2 is 2.19 bits per heavy atom. The maximum absolute atomic E-state index is 12.9. The molecule has 1 saturated heterocycles. The highest BCUT2D eigenvalue weighted by Gasteiger charge is 2.33. The second-order valence-electron chi connectivity index (χ2n) is 6.59. The van der Waals surface area contributed by atoms with Gasteiger partial charge in [0, 0.05) is 23.5 Å². The number of nitrogens with zero attached hydrogens (tertiary/aromatic N) is 2. The molecule has 3 rings (SSSR count). The van der Waals surface area contributed by atoms with Gasteiger partial charge in [-0.05, 0) is 44.9 Å². The standard InChI is InChI=1S/C19H22N2O4S/c1-12-6-7-15(19(23)24)9-21(12)18(22)14-4-3-5-17(8-14)25-10-16-11-26-13(2)20-16/h3-5,8,11-12,15H,6-7,9-10H2,1-2H3,(H,23,24). The van der Waals surface area contributed by atoms with Crippen molar-refractivity contribution in [1.82, 2.24) is 9.88 Å². The molecule has 2 unspecified atom stereocenters. The Kier molecular flexibility index (Phi) is 5.56. The summed E-state index contributed by atoms with van der Waals surface area (Å²) in [5.74, 6) is -0.896. The molecule has 1 N–H and O–H groups in total. The average Bonchev–Trinajstić information content (AvgIpc) is 3.05. The fourth-order valence-electron chi connectivity index (χ4n) is 3.11. The van der Waals surface area contributed by atoms with Gasteiger partial charge in [0.2, 0.25) is 0 Å². The van der Waals surface area contributed by atoms with E-state index in [0.717, 1.165) is 10.7 Å². The molecule has 0 aliphatic carbocycles. The van der Waals surface area contributed by atoms with E-state index in [2.05, 4.69) is 4.98 Å². The maximum atomic E-state index is 12.9. The molecule has 2 atom stereocenters. The van der Waals surface area contributed by atoms with E-state index in [0.29, 0.717) is 30.8 Å². The summed E-state index contributed by atoms with van der Waals surface area (Å²) in [6, 6.07) is 7.05. The molecule has 1 fully saturated rings. The van der Waals surface area contributed by atoms with Crippen LogP contribution in [0.1, 0.15) is 40.8 Å². The highest BCUT2D eigenvalue weighted by atomic mass is 32.1. The molecule has 0 bridgehead atoms. The van der Waals surface area contributed by atoms with Crippen LogP contribution in [0.3, 0.4) is 0 Å². The van der Waals surface area contributed by atoms with Crippen molar-refractivity contribution in [2.75, 3.05) is 6.54 Å². The van der Waals surface area contributed by atoms with Gasteiger partial charge >= 0.3 is 5.97 Å². The first-order valence-electron chi connectivity index (χ1n) is 8.61. The van der Waals surface area contributed by atoms with E-state index in [9.17, 15) is 14.7 Å². The van der Waals surface area contributed by atoms with Gasteiger partial charge in [0.15, 0.2) is 0 Å². The largest absolute Gasteiger partial charge is 0.487 e. The molecule has 1 aromatic heterocycles. The smallest absolute Gasteiger partial charge is 0.308 e. The number of aromatic nitrogens is 1. The molecule has 1 aliphatic rings. The Bertz CT molecular complexity index is 804. The van der Waals surface area contributed by atoms with E-state index < -0.39 is 11.9 Å². The highest BCUT2D eigenvalue weighted by Crippen LogP contribution is 2.25. The summed E-state index contributed by atoms with van der Waals surface area (Å²) in [5, 5.41) is 12.2. The number of hydrogen-bond acceptors (Lipinski definition) is 5. The molecule has 1 aromatic carbocycles. The predicted octanol–water partition coefficient (Wildman–Crippen LogP) is 3.36. The van der Waals surface area contributed by atoms with Gasteiger partial charge in [-0.3, -0.25) is 9.59 Å². The minimum Gasteiger partial charge on any atom is -0.487 e. The minimum absolute atomic E-state index is 0.0284. The van der Waals surface area contributed by atoms with Gasteiger partial charge in [0.05, 0.1) is 16.6 Å². The Hall–Kier alpha value is -2.41. The SMILES string of the molecule is Cc1nc(COc2cccc(C(=O)N3CC(C(=O)O)CCC3C)c2)cs1. The number of ether oxygens (including phenoxy) is 1. The number of carboxylic acid groups (broad SMARTS) is 1. The molecule has 0 spiro atoms. The van der Waals surface area contributed by atoms with Crippen molar-refractivity contribution in [3.63, 3.8) is 0 Å². The summed E-state index contributed by atoms with van der Waals surface area (Å²) in [7, 11) is 0. The summed E-state index contributed by atoms with van der Waals surface area (Å²) < 4.78 is 5.75.